The van der Waals surface area contributed by atoms with Crippen molar-refractivity contribution < 1.29 is 13.9 Å². The van der Waals surface area contributed by atoms with Gasteiger partial charge in [-0.05, 0) is 33.4 Å². The molecule has 1 atom stereocenters. The van der Waals surface area contributed by atoms with Crippen LogP contribution in [0.25, 0.3) is 0 Å². The maximum Gasteiger partial charge on any atom is 0.201 e. The van der Waals surface area contributed by atoms with Crippen molar-refractivity contribution in [3.05, 3.63) is 50.1 Å². The predicted molar refractivity (Wildman–Crippen MR) is 73.3 cm³/mol. The number of hydrogen-bond acceptors (Lipinski definition) is 3. The van der Waals surface area contributed by atoms with Crippen molar-refractivity contribution in [3.63, 3.8) is 0 Å². The van der Waals surface area contributed by atoms with Crippen molar-refractivity contribution in [1.82, 2.24) is 0 Å². The Bertz CT molecular complexity index is 550. The van der Waals surface area contributed by atoms with E-state index < -0.39 is 23.4 Å². The molecule has 0 unspecified atom stereocenters. The second-order valence-electron chi connectivity index (χ2n) is 3.42. The number of hydrogen-bond donors (Lipinski definition) is 2. The fraction of sp³-hybridized carbons (Fsp3) is 0.0909. The Morgan fingerprint density at radius 1 is 1.33 bits per heavy atom. The Hall–Kier alpha value is -0.690. The number of nitrogens with two attached hydrogens (primary N) is 1. The zero-order valence-corrected chi connectivity index (χ0v) is 12.1. The zero-order chi connectivity index (χ0) is 12.6. The fourth-order valence-electron chi connectivity index (χ4n) is 1.46. The van der Waals surface area contributed by atoms with E-state index in [2.05, 4.69) is 15.9 Å². The maximum atomic E-state index is 13.3. The Morgan fingerprint density at radius 2 is 2.00 bits per heavy atom. The number of phenolic OH excluding ortho intramolecular Hbond substituents is 1. The van der Waals surface area contributed by atoms with Gasteiger partial charge in [0, 0.05) is 10.4 Å². The van der Waals surface area contributed by atoms with Crippen LogP contribution >= 0.6 is 39.7 Å². The Morgan fingerprint density at radius 3 is 2.56 bits per heavy atom. The van der Waals surface area contributed by atoms with Gasteiger partial charge in [-0.2, -0.15) is 4.39 Å². The van der Waals surface area contributed by atoms with Crippen molar-refractivity contribution >= 4 is 39.7 Å². The molecule has 2 rings (SSSR count). The molecule has 0 saturated heterocycles. The van der Waals surface area contributed by atoms with Crippen molar-refractivity contribution in [2.24, 2.45) is 5.73 Å². The molecule has 0 saturated carbocycles. The Balaban J connectivity index is 0.00000162. The molecule has 0 aliphatic heterocycles. The van der Waals surface area contributed by atoms with E-state index in [0.29, 0.717) is 0 Å². The summed E-state index contributed by atoms with van der Waals surface area (Å²) in [5, 5.41) is 11.4. The molecule has 0 spiro atoms. The van der Waals surface area contributed by atoms with Gasteiger partial charge in [0.15, 0.2) is 11.6 Å². The van der Waals surface area contributed by atoms with Gasteiger partial charge >= 0.3 is 0 Å². The summed E-state index contributed by atoms with van der Waals surface area (Å²) in [5.41, 5.74) is 6.04. The molecule has 2 nitrogen and oxygen atoms in total. The standard InChI is InChI=1S/C11H8BrF2NOS.ClH/c12-6-4-5(11(16)9(14)8(6)13)10(15)7-2-1-3-17-7;/h1-4,10,16H,15H2;1H/t10-;/m1./s1. The molecule has 0 bridgehead atoms. The van der Waals surface area contributed by atoms with E-state index in [-0.39, 0.29) is 22.4 Å². The van der Waals surface area contributed by atoms with Gasteiger partial charge in [-0.25, -0.2) is 4.39 Å². The number of aromatic hydroxyl groups is 1. The molecule has 0 aliphatic rings. The van der Waals surface area contributed by atoms with E-state index in [4.69, 9.17) is 5.73 Å². The molecule has 0 fully saturated rings. The third-order valence-corrected chi connectivity index (χ3v) is 3.88. The van der Waals surface area contributed by atoms with E-state index in [9.17, 15) is 13.9 Å². The fourth-order valence-corrected chi connectivity index (χ4v) is 2.63. The molecule has 0 radical (unpaired) electrons. The van der Waals surface area contributed by atoms with E-state index >= 15 is 0 Å². The van der Waals surface area contributed by atoms with Gasteiger partial charge in [0.1, 0.15) is 0 Å². The number of thiophene rings is 1. The first-order valence-corrected chi connectivity index (χ1v) is 6.35. The van der Waals surface area contributed by atoms with Gasteiger partial charge < -0.3 is 10.8 Å². The topological polar surface area (TPSA) is 46.2 Å². The molecular formula is C11H9BrClF2NOS. The van der Waals surface area contributed by atoms with Crippen LogP contribution in [0.5, 0.6) is 5.75 Å². The van der Waals surface area contributed by atoms with Crippen LogP contribution in [-0.2, 0) is 0 Å². The molecule has 0 amide bonds. The van der Waals surface area contributed by atoms with Crippen molar-refractivity contribution in [2.45, 2.75) is 6.04 Å². The summed E-state index contributed by atoms with van der Waals surface area (Å²) in [7, 11) is 0. The number of phenols is 1. The van der Waals surface area contributed by atoms with Gasteiger partial charge in [0.25, 0.3) is 0 Å². The van der Waals surface area contributed by atoms with Gasteiger partial charge in [-0.3, -0.25) is 0 Å². The number of rotatable bonds is 2. The summed E-state index contributed by atoms with van der Waals surface area (Å²) >= 11 is 4.27. The second kappa shape index (κ2) is 5.97. The lowest BCUT2D eigenvalue weighted by Gasteiger charge is -2.13. The molecule has 98 valence electrons. The monoisotopic (exact) mass is 355 g/mol. The summed E-state index contributed by atoms with van der Waals surface area (Å²) in [6, 6.07) is 4.18. The van der Waals surface area contributed by atoms with Crippen LogP contribution in [0.3, 0.4) is 0 Å². The average molecular weight is 357 g/mol. The summed E-state index contributed by atoms with van der Waals surface area (Å²) < 4.78 is 26.4. The van der Waals surface area contributed by atoms with Gasteiger partial charge in [0.2, 0.25) is 5.82 Å². The number of benzene rings is 1. The summed E-state index contributed by atoms with van der Waals surface area (Å²) in [6.07, 6.45) is 0. The van der Waals surface area contributed by atoms with Crippen LogP contribution in [0.4, 0.5) is 8.78 Å². The van der Waals surface area contributed by atoms with E-state index in [0.717, 1.165) is 4.88 Å². The van der Waals surface area contributed by atoms with Crippen molar-refractivity contribution in [3.8, 4) is 5.75 Å². The highest BCUT2D eigenvalue weighted by molar-refractivity contribution is 9.10. The molecule has 0 aliphatic carbocycles. The van der Waals surface area contributed by atoms with Crippen LogP contribution in [0.1, 0.15) is 16.5 Å². The number of halogens is 4. The Kier molecular flexibility index (Phi) is 5.10. The van der Waals surface area contributed by atoms with Crippen LogP contribution in [0, 0.1) is 11.6 Å². The van der Waals surface area contributed by atoms with Gasteiger partial charge in [0.05, 0.1) is 10.5 Å². The van der Waals surface area contributed by atoms with Crippen molar-refractivity contribution in [1.29, 1.82) is 0 Å². The van der Waals surface area contributed by atoms with Crippen LogP contribution in [0.2, 0.25) is 0 Å². The van der Waals surface area contributed by atoms with Gasteiger partial charge in [-0.1, -0.05) is 6.07 Å². The minimum Gasteiger partial charge on any atom is -0.505 e. The van der Waals surface area contributed by atoms with E-state index in [1.54, 1.807) is 12.1 Å². The second-order valence-corrected chi connectivity index (χ2v) is 5.25. The molecule has 1 heterocycles. The molecule has 18 heavy (non-hydrogen) atoms. The molecule has 3 N–H and O–H groups in total. The Labute approximate surface area is 121 Å². The molecule has 7 heteroatoms. The highest BCUT2D eigenvalue weighted by Gasteiger charge is 2.21. The predicted octanol–water partition coefficient (Wildman–Crippen LogP) is 3.96. The third kappa shape index (κ3) is 2.66. The van der Waals surface area contributed by atoms with Gasteiger partial charge in [-0.15, -0.1) is 23.7 Å². The van der Waals surface area contributed by atoms with Crippen LogP contribution in [0.15, 0.2) is 28.1 Å². The van der Waals surface area contributed by atoms with Crippen LogP contribution in [-0.4, -0.2) is 5.11 Å². The van der Waals surface area contributed by atoms with Crippen LogP contribution < -0.4 is 5.73 Å². The highest BCUT2D eigenvalue weighted by Crippen LogP contribution is 2.36. The van der Waals surface area contributed by atoms with E-state index in [1.807, 2.05) is 5.38 Å². The lowest BCUT2D eigenvalue weighted by atomic mass is 10.0. The third-order valence-electron chi connectivity index (χ3n) is 2.35. The molecular weight excluding hydrogens is 348 g/mol. The SMILES string of the molecule is Cl.N[C@@H](c1cccs1)c1cc(Br)c(F)c(F)c1O. The quantitative estimate of drug-likeness (QED) is 0.800. The first-order valence-electron chi connectivity index (χ1n) is 4.67. The zero-order valence-electron chi connectivity index (χ0n) is 8.86. The minimum atomic E-state index is -1.29. The normalized spacial score (nSPS) is 12.0. The lowest BCUT2D eigenvalue weighted by Crippen LogP contribution is -2.11. The highest BCUT2D eigenvalue weighted by atomic mass is 79.9. The first-order chi connectivity index (χ1) is 8.02. The lowest BCUT2D eigenvalue weighted by molar-refractivity contribution is 0.398. The largest absolute Gasteiger partial charge is 0.505 e. The first kappa shape index (κ1) is 15.4. The smallest absolute Gasteiger partial charge is 0.201 e. The van der Waals surface area contributed by atoms with E-state index in [1.165, 1.54) is 17.4 Å². The minimum absolute atomic E-state index is 0. The molecule has 2 aromatic rings. The summed E-state index contributed by atoms with van der Waals surface area (Å²) in [5.74, 6) is -3.15. The summed E-state index contributed by atoms with van der Waals surface area (Å²) in [6.45, 7) is 0. The average Bonchev–Trinajstić information content (AvgIpc) is 2.84. The summed E-state index contributed by atoms with van der Waals surface area (Å²) in [4.78, 5) is 0.762. The molecule has 1 aromatic carbocycles. The maximum absolute atomic E-state index is 13.3. The molecule has 1 aromatic heterocycles. The van der Waals surface area contributed by atoms with Crippen molar-refractivity contribution in [2.75, 3.05) is 0 Å².